The lowest BCUT2D eigenvalue weighted by Crippen LogP contribution is -2.29. The second-order valence-corrected chi connectivity index (χ2v) is 12.9. The number of nitrogens with one attached hydrogen (secondary N) is 1. The number of phenols is 1. The predicted molar refractivity (Wildman–Crippen MR) is 196 cm³/mol. The number of aromatic hydroxyl groups is 1. The van der Waals surface area contributed by atoms with Crippen molar-refractivity contribution in [3.8, 4) is 11.8 Å². The third-order valence-corrected chi connectivity index (χ3v) is 7.60. The van der Waals surface area contributed by atoms with Gasteiger partial charge in [0.15, 0.2) is 0 Å². The van der Waals surface area contributed by atoms with E-state index in [1.165, 1.54) is 24.9 Å². The number of carbonyl (C=O) groups is 3. The van der Waals surface area contributed by atoms with Crippen molar-refractivity contribution in [1.29, 1.82) is 5.26 Å². The molecule has 2 amide bonds. The van der Waals surface area contributed by atoms with Crippen LogP contribution >= 0.6 is 0 Å². The van der Waals surface area contributed by atoms with E-state index >= 15 is 0 Å². The Balaban J connectivity index is 0.000000783. The van der Waals surface area contributed by atoms with Gasteiger partial charge in [0, 0.05) is 31.7 Å². The number of hydrogen-bond donors (Lipinski definition) is 3. The highest BCUT2D eigenvalue weighted by molar-refractivity contribution is 6.02. The number of phenolic OH excluding ortho intramolecular Hbond substituents is 1. The number of piperidine rings is 1. The van der Waals surface area contributed by atoms with Crippen LogP contribution in [0.2, 0.25) is 0 Å². The summed E-state index contributed by atoms with van der Waals surface area (Å²) in [7, 11) is 0. The molecule has 3 aromatic carbocycles. The summed E-state index contributed by atoms with van der Waals surface area (Å²) in [5, 5.41) is 23.7. The molecule has 0 spiro atoms. The molecule has 1 aliphatic rings. The molecule has 0 aromatic heterocycles. The van der Waals surface area contributed by atoms with Crippen molar-refractivity contribution < 1.29 is 38.4 Å². The van der Waals surface area contributed by atoms with Crippen LogP contribution in [0.4, 0.5) is 10.5 Å². The van der Waals surface area contributed by atoms with Gasteiger partial charge in [0.05, 0.1) is 26.4 Å². The Morgan fingerprint density at radius 2 is 1.55 bits per heavy atom. The SMILES string of the molecule is CC(C)(C)OC(N)=O.N#C/C(=C\c1ccc2cc(N3CCCCC3)ccc2c1)C(=O)NCCOCCOCCOC(=O)CCc1ccc(O)cc1. The lowest BCUT2D eigenvalue weighted by molar-refractivity contribution is -0.145. The Labute approximate surface area is 300 Å². The number of amides is 2. The predicted octanol–water partition coefficient (Wildman–Crippen LogP) is 5.65. The molecular weight excluding hydrogens is 652 g/mol. The van der Waals surface area contributed by atoms with Crippen molar-refractivity contribution in [2.75, 3.05) is 57.6 Å². The fourth-order valence-electron chi connectivity index (χ4n) is 5.16. The molecule has 0 saturated carbocycles. The lowest BCUT2D eigenvalue weighted by Gasteiger charge is -2.29. The van der Waals surface area contributed by atoms with Crippen molar-refractivity contribution in [3.05, 3.63) is 77.4 Å². The van der Waals surface area contributed by atoms with E-state index in [-0.39, 0.29) is 50.1 Å². The van der Waals surface area contributed by atoms with Crippen LogP contribution in [0.5, 0.6) is 5.75 Å². The zero-order valence-electron chi connectivity index (χ0n) is 29.8. The van der Waals surface area contributed by atoms with Crippen molar-refractivity contribution in [1.82, 2.24) is 5.32 Å². The second kappa shape index (κ2) is 21.2. The number of carbonyl (C=O) groups excluding carboxylic acids is 3. The number of esters is 1. The molecule has 12 heteroatoms. The smallest absolute Gasteiger partial charge is 0.405 e. The van der Waals surface area contributed by atoms with Crippen molar-refractivity contribution in [2.24, 2.45) is 5.73 Å². The third-order valence-electron chi connectivity index (χ3n) is 7.60. The summed E-state index contributed by atoms with van der Waals surface area (Å²) in [6, 6.07) is 21.1. The molecule has 1 aliphatic heterocycles. The Morgan fingerprint density at radius 3 is 2.20 bits per heavy atom. The van der Waals surface area contributed by atoms with Gasteiger partial charge in [0.2, 0.25) is 0 Å². The number of primary amides is 1. The number of nitrogens with two attached hydrogens (primary N) is 1. The summed E-state index contributed by atoms with van der Waals surface area (Å²) >= 11 is 0. The number of fused-ring (bicyclic) bond motifs is 1. The van der Waals surface area contributed by atoms with E-state index in [1.807, 2.05) is 24.3 Å². The van der Waals surface area contributed by atoms with E-state index in [2.05, 4.69) is 33.2 Å². The molecule has 4 N–H and O–H groups in total. The van der Waals surface area contributed by atoms with Crippen LogP contribution in [0.1, 0.15) is 57.6 Å². The molecule has 4 rings (SSSR count). The van der Waals surface area contributed by atoms with Crippen LogP contribution in [-0.2, 0) is 35.0 Å². The Morgan fingerprint density at radius 1 is 0.902 bits per heavy atom. The maximum Gasteiger partial charge on any atom is 0.405 e. The Kier molecular flexibility index (Phi) is 16.7. The van der Waals surface area contributed by atoms with Crippen molar-refractivity contribution in [2.45, 2.75) is 58.5 Å². The minimum absolute atomic E-state index is 0.0326. The standard InChI is InChI=1S/C34H39N3O6.C5H11NO2/c35-25-30(23-27-4-8-29-24-31(10-9-28(29)22-27)37-15-2-1-3-16-37)34(40)36-14-17-41-18-19-42-20-21-43-33(39)13-7-26-5-11-32(38)12-6-26;1-5(2,3)8-4(6)7/h4-6,8-12,22-24,38H,1-3,7,13-21H2,(H,36,40);1-3H3,(H2,6,7)/b30-23+;. The molecule has 274 valence electrons. The lowest BCUT2D eigenvalue weighted by atomic mass is 10.0. The van der Waals surface area contributed by atoms with Crippen LogP contribution in [0.3, 0.4) is 0 Å². The van der Waals surface area contributed by atoms with Gasteiger partial charge in [-0.2, -0.15) is 5.26 Å². The number of anilines is 1. The quantitative estimate of drug-likeness (QED) is 0.0778. The van der Waals surface area contributed by atoms with Crippen LogP contribution in [0.25, 0.3) is 16.8 Å². The first-order valence-electron chi connectivity index (χ1n) is 17.2. The largest absolute Gasteiger partial charge is 0.508 e. The van der Waals surface area contributed by atoms with E-state index < -0.39 is 17.6 Å². The summed E-state index contributed by atoms with van der Waals surface area (Å²) < 4.78 is 20.6. The molecular formula is C39H50N4O8. The van der Waals surface area contributed by atoms with Gasteiger partial charge in [-0.05, 0) is 105 Å². The molecule has 0 radical (unpaired) electrons. The normalized spacial score (nSPS) is 13.1. The molecule has 3 aromatic rings. The number of rotatable bonds is 15. The first-order chi connectivity index (χ1) is 24.4. The minimum atomic E-state index is -0.725. The number of nitriles is 1. The molecule has 12 nitrogen and oxygen atoms in total. The summed E-state index contributed by atoms with van der Waals surface area (Å²) in [6.45, 7) is 9.06. The van der Waals surface area contributed by atoms with E-state index in [1.54, 1.807) is 51.1 Å². The van der Waals surface area contributed by atoms with E-state index in [0.717, 1.165) is 35.0 Å². The van der Waals surface area contributed by atoms with Gasteiger partial charge in [-0.1, -0.05) is 30.3 Å². The number of aryl methyl sites for hydroxylation is 1. The van der Waals surface area contributed by atoms with Crippen LogP contribution in [-0.4, -0.2) is 81.3 Å². The van der Waals surface area contributed by atoms with E-state index in [9.17, 15) is 24.8 Å². The average Bonchev–Trinajstić information content (AvgIpc) is 3.10. The summed E-state index contributed by atoms with van der Waals surface area (Å²) in [5.74, 6) is -0.566. The monoisotopic (exact) mass is 702 g/mol. The topological polar surface area (TPSA) is 173 Å². The average molecular weight is 703 g/mol. The number of ether oxygens (including phenoxy) is 4. The molecule has 1 saturated heterocycles. The molecule has 0 bridgehead atoms. The number of nitrogens with zero attached hydrogens (tertiary/aromatic N) is 2. The maximum absolute atomic E-state index is 12.5. The maximum atomic E-state index is 12.5. The number of benzene rings is 3. The molecule has 1 fully saturated rings. The summed E-state index contributed by atoms with van der Waals surface area (Å²) in [5.41, 5.74) is 7.28. The zero-order valence-corrected chi connectivity index (χ0v) is 29.8. The van der Waals surface area contributed by atoms with Crippen molar-refractivity contribution >= 4 is 40.5 Å². The molecule has 51 heavy (non-hydrogen) atoms. The van der Waals surface area contributed by atoms with Gasteiger partial charge in [-0.25, -0.2) is 4.79 Å². The molecule has 0 atom stereocenters. The molecule has 0 aliphatic carbocycles. The number of hydrogen-bond acceptors (Lipinski definition) is 10. The summed E-state index contributed by atoms with van der Waals surface area (Å²) in [4.78, 5) is 36.8. The van der Waals surface area contributed by atoms with Crippen LogP contribution in [0, 0.1) is 11.3 Å². The second-order valence-electron chi connectivity index (χ2n) is 12.9. The first-order valence-corrected chi connectivity index (χ1v) is 17.2. The minimum Gasteiger partial charge on any atom is -0.508 e. The van der Waals surface area contributed by atoms with Gasteiger partial charge >= 0.3 is 12.1 Å². The third kappa shape index (κ3) is 16.0. The van der Waals surface area contributed by atoms with Crippen molar-refractivity contribution in [3.63, 3.8) is 0 Å². The van der Waals surface area contributed by atoms with E-state index in [4.69, 9.17) is 19.9 Å². The first kappa shape index (κ1) is 40.3. The fraction of sp³-hybridized carbons (Fsp3) is 0.436. The zero-order chi connectivity index (χ0) is 37.1. The van der Waals surface area contributed by atoms with Gasteiger partial charge in [-0.3, -0.25) is 9.59 Å². The van der Waals surface area contributed by atoms with Gasteiger partial charge in [0.25, 0.3) is 5.91 Å². The highest BCUT2D eigenvalue weighted by atomic mass is 16.6. The van der Waals surface area contributed by atoms with Crippen LogP contribution < -0.4 is 16.0 Å². The molecule has 0 unspecified atom stereocenters. The van der Waals surface area contributed by atoms with Gasteiger partial charge in [-0.15, -0.1) is 0 Å². The highest BCUT2D eigenvalue weighted by Gasteiger charge is 2.13. The Hall–Kier alpha value is -5.12. The summed E-state index contributed by atoms with van der Waals surface area (Å²) in [6.07, 6.45) is 5.42. The fourth-order valence-corrected chi connectivity index (χ4v) is 5.16. The molecule has 1 heterocycles. The van der Waals surface area contributed by atoms with Gasteiger partial charge in [0.1, 0.15) is 29.6 Å². The van der Waals surface area contributed by atoms with E-state index in [0.29, 0.717) is 19.6 Å². The van der Waals surface area contributed by atoms with Gasteiger partial charge < -0.3 is 40.0 Å². The Bertz CT molecular complexity index is 1640. The highest BCUT2D eigenvalue weighted by Crippen LogP contribution is 2.26. The van der Waals surface area contributed by atoms with Crippen LogP contribution in [0.15, 0.2) is 66.2 Å².